The summed E-state index contributed by atoms with van der Waals surface area (Å²) >= 11 is 1.84. The van der Waals surface area contributed by atoms with Gasteiger partial charge in [0.1, 0.15) is 0 Å². The molecule has 0 aliphatic rings. The van der Waals surface area contributed by atoms with Crippen LogP contribution in [-0.4, -0.2) is 9.97 Å². The van der Waals surface area contributed by atoms with Gasteiger partial charge in [-0.05, 0) is 57.4 Å². The minimum atomic E-state index is 0.578. The lowest BCUT2D eigenvalue weighted by Crippen LogP contribution is -1.90. The van der Waals surface area contributed by atoms with Crippen LogP contribution in [0.2, 0.25) is 0 Å². The summed E-state index contributed by atoms with van der Waals surface area (Å²) in [4.78, 5) is 9.09. The van der Waals surface area contributed by atoms with Gasteiger partial charge < -0.3 is 0 Å². The minimum Gasteiger partial charge on any atom is -0.255 e. The van der Waals surface area contributed by atoms with Crippen molar-refractivity contribution in [1.82, 2.24) is 9.97 Å². The second kappa shape index (κ2) is 7.73. The highest BCUT2D eigenvalue weighted by atomic mass is 32.1. The topological polar surface area (TPSA) is 49.6 Å². The third kappa shape index (κ3) is 3.10. The lowest BCUT2D eigenvalue weighted by Gasteiger charge is -2.10. The van der Waals surface area contributed by atoms with Crippen LogP contribution in [0.1, 0.15) is 5.56 Å². The lowest BCUT2D eigenvalue weighted by atomic mass is 9.94. The van der Waals surface area contributed by atoms with Crippen molar-refractivity contribution in [2.75, 3.05) is 0 Å². The number of pyridine rings is 2. The zero-order valence-corrected chi connectivity index (χ0v) is 19.4. The Kier molecular flexibility index (Phi) is 4.38. The molecule has 0 bridgehead atoms. The van der Waals surface area contributed by atoms with Crippen molar-refractivity contribution in [2.45, 2.75) is 0 Å². The molecule has 3 aromatic heterocycles. The summed E-state index contributed by atoms with van der Waals surface area (Å²) in [6.45, 7) is 0. The Morgan fingerprint density at radius 2 is 1.46 bits per heavy atom. The van der Waals surface area contributed by atoms with Gasteiger partial charge in [-0.25, -0.2) is 0 Å². The number of hydrogen-bond acceptors (Lipinski definition) is 4. The molecule has 0 aliphatic carbocycles. The van der Waals surface area contributed by atoms with Crippen molar-refractivity contribution in [3.05, 3.63) is 109 Å². The van der Waals surface area contributed by atoms with E-state index in [1.54, 1.807) is 18.3 Å². The number of rotatable bonds is 2. The monoisotopic (exact) mass is 463 g/mol. The lowest BCUT2D eigenvalue weighted by molar-refractivity contribution is 1.24. The fourth-order valence-corrected chi connectivity index (χ4v) is 6.16. The highest BCUT2D eigenvalue weighted by Crippen LogP contribution is 2.44. The summed E-state index contributed by atoms with van der Waals surface area (Å²) in [6.07, 6.45) is 3.56. The Balaban J connectivity index is 1.47. The molecular formula is C31H17N3S. The van der Waals surface area contributed by atoms with Gasteiger partial charge in [-0.1, -0.05) is 60.7 Å². The van der Waals surface area contributed by atoms with Crippen molar-refractivity contribution in [2.24, 2.45) is 0 Å². The zero-order chi connectivity index (χ0) is 23.4. The van der Waals surface area contributed by atoms with E-state index in [0.717, 1.165) is 11.3 Å². The predicted molar refractivity (Wildman–Crippen MR) is 146 cm³/mol. The van der Waals surface area contributed by atoms with E-state index in [4.69, 9.17) is 4.98 Å². The molecule has 0 saturated heterocycles. The fourth-order valence-electron chi connectivity index (χ4n) is 4.98. The van der Waals surface area contributed by atoms with Gasteiger partial charge in [0.25, 0.3) is 0 Å². The van der Waals surface area contributed by atoms with Crippen LogP contribution in [0.4, 0.5) is 0 Å². The van der Waals surface area contributed by atoms with Gasteiger partial charge in [-0.15, -0.1) is 11.3 Å². The van der Waals surface area contributed by atoms with Gasteiger partial charge in [0.05, 0.1) is 23.0 Å². The summed E-state index contributed by atoms with van der Waals surface area (Å²) in [7, 11) is 0. The van der Waals surface area contributed by atoms with E-state index in [0.29, 0.717) is 11.3 Å². The van der Waals surface area contributed by atoms with Gasteiger partial charge in [0, 0.05) is 38.1 Å². The van der Waals surface area contributed by atoms with E-state index in [1.165, 1.54) is 47.3 Å². The number of nitriles is 1. The van der Waals surface area contributed by atoms with Gasteiger partial charge in [0.2, 0.25) is 0 Å². The number of hydrogen-bond donors (Lipinski definition) is 0. The fraction of sp³-hybridized carbons (Fsp3) is 0. The molecule has 35 heavy (non-hydrogen) atoms. The molecule has 3 nitrogen and oxygen atoms in total. The molecule has 7 aromatic rings. The van der Waals surface area contributed by atoms with Crippen LogP contribution in [0.25, 0.3) is 64.2 Å². The quantitative estimate of drug-likeness (QED) is 0.259. The smallest absolute Gasteiger partial charge is 0.0992 e. The molecule has 0 unspecified atom stereocenters. The number of benzene rings is 4. The molecule has 4 heteroatoms. The van der Waals surface area contributed by atoms with Crippen LogP contribution in [0.5, 0.6) is 0 Å². The van der Waals surface area contributed by atoms with E-state index in [2.05, 4.69) is 83.8 Å². The van der Waals surface area contributed by atoms with Crippen molar-refractivity contribution >= 4 is 53.1 Å². The second-order valence-corrected chi connectivity index (χ2v) is 9.66. The number of thiophene rings is 1. The van der Waals surface area contributed by atoms with Gasteiger partial charge >= 0.3 is 0 Å². The Hall–Kier alpha value is -4.59. The van der Waals surface area contributed by atoms with Crippen molar-refractivity contribution in [3.63, 3.8) is 0 Å². The zero-order valence-electron chi connectivity index (χ0n) is 18.6. The van der Waals surface area contributed by atoms with Crippen molar-refractivity contribution in [1.29, 1.82) is 5.26 Å². The van der Waals surface area contributed by atoms with Crippen LogP contribution >= 0.6 is 11.3 Å². The largest absolute Gasteiger partial charge is 0.255 e. The first-order chi connectivity index (χ1) is 17.3. The number of aromatic nitrogens is 2. The molecule has 0 amide bonds. The molecule has 0 spiro atoms. The molecule has 0 saturated carbocycles. The summed E-state index contributed by atoms with van der Waals surface area (Å²) in [6, 6.07) is 33.8. The Labute approximate surface area is 205 Å². The van der Waals surface area contributed by atoms with Gasteiger partial charge in [-0.2, -0.15) is 5.26 Å². The van der Waals surface area contributed by atoms with Gasteiger partial charge in [0.15, 0.2) is 0 Å². The molecule has 0 fully saturated rings. The third-order valence-electron chi connectivity index (χ3n) is 6.60. The van der Waals surface area contributed by atoms with Crippen molar-refractivity contribution in [3.8, 4) is 28.6 Å². The van der Waals surface area contributed by atoms with E-state index in [9.17, 15) is 5.26 Å². The maximum atomic E-state index is 9.20. The van der Waals surface area contributed by atoms with E-state index in [1.807, 2.05) is 23.6 Å². The molecule has 3 heterocycles. The molecule has 0 aliphatic heterocycles. The van der Waals surface area contributed by atoms with E-state index < -0.39 is 0 Å². The second-order valence-electron chi connectivity index (χ2n) is 8.58. The first-order valence-corrected chi connectivity index (χ1v) is 12.2. The van der Waals surface area contributed by atoms with Gasteiger partial charge in [-0.3, -0.25) is 9.97 Å². The van der Waals surface area contributed by atoms with Crippen LogP contribution < -0.4 is 0 Å². The van der Waals surface area contributed by atoms with Crippen LogP contribution in [0.15, 0.2) is 103 Å². The Morgan fingerprint density at radius 3 is 2.29 bits per heavy atom. The first kappa shape index (κ1) is 19.8. The van der Waals surface area contributed by atoms with Crippen LogP contribution in [0.3, 0.4) is 0 Å². The highest BCUT2D eigenvalue weighted by Gasteiger charge is 2.15. The maximum Gasteiger partial charge on any atom is 0.0992 e. The Bertz CT molecular complexity index is 1960. The molecule has 0 radical (unpaired) electrons. The minimum absolute atomic E-state index is 0.578. The first-order valence-electron chi connectivity index (χ1n) is 11.4. The predicted octanol–water partition coefficient (Wildman–Crippen LogP) is 8.36. The molecule has 162 valence electrons. The van der Waals surface area contributed by atoms with E-state index >= 15 is 0 Å². The molecule has 4 aromatic carbocycles. The molecule has 0 N–H and O–H groups in total. The summed E-state index contributed by atoms with van der Waals surface area (Å²) in [5.41, 5.74) is 4.26. The number of nitrogens with zero attached hydrogens (tertiary/aromatic N) is 3. The van der Waals surface area contributed by atoms with Crippen molar-refractivity contribution < 1.29 is 0 Å². The average molecular weight is 464 g/mol. The van der Waals surface area contributed by atoms with Crippen LogP contribution in [0, 0.1) is 11.3 Å². The molecule has 7 rings (SSSR count). The average Bonchev–Trinajstić information content (AvgIpc) is 3.32. The normalized spacial score (nSPS) is 11.4. The summed E-state index contributed by atoms with van der Waals surface area (Å²) in [5.74, 6) is 0. The highest BCUT2D eigenvalue weighted by molar-refractivity contribution is 7.26. The standard InChI is InChI=1S/C31H17N3S/c32-17-19-13-14-33-27(15-19)26-11-9-21(18-34-26)25-16-29-31(24-8-4-3-7-23(24)25)30-22-6-2-1-5-20(22)10-12-28(30)35-29/h1-16,18H. The Morgan fingerprint density at radius 1 is 0.657 bits per heavy atom. The number of fused-ring (bicyclic) bond motifs is 7. The molecule has 0 atom stereocenters. The summed E-state index contributed by atoms with van der Waals surface area (Å²) in [5, 5.41) is 16.9. The SMILES string of the molecule is N#Cc1ccnc(-c2ccc(-c3cc4sc5ccc6ccccc6c5c4c4ccccc34)cn2)c1. The third-order valence-corrected chi connectivity index (χ3v) is 7.70. The molecular weight excluding hydrogens is 446 g/mol. The maximum absolute atomic E-state index is 9.20. The van der Waals surface area contributed by atoms with E-state index in [-0.39, 0.29) is 0 Å². The summed E-state index contributed by atoms with van der Waals surface area (Å²) < 4.78 is 2.58. The van der Waals surface area contributed by atoms with Crippen LogP contribution in [-0.2, 0) is 0 Å².